The summed E-state index contributed by atoms with van der Waals surface area (Å²) in [6.45, 7) is 0. The van der Waals surface area contributed by atoms with Gasteiger partial charge in [-0.15, -0.1) is 0 Å². The molecule has 0 amide bonds. The molecule has 0 aliphatic rings. The lowest BCUT2D eigenvalue weighted by Gasteiger charge is -2.39. The summed E-state index contributed by atoms with van der Waals surface area (Å²) < 4.78 is 252. The van der Waals surface area contributed by atoms with Crippen molar-refractivity contribution in [2.45, 2.75) is 42.5 Å². The minimum Gasteiger partial charge on any atom is -0.311 e. The molecule has 0 radical (unpaired) electrons. The van der Waals surface area contributed by atoms with Crippen molar-refractivity contribution >= 4 is 34.1 Å². The minimum absolute atomic E-state index is 0.186. The van der Waals surface area contributed by atoms with Crippen LogP contribution in [0, 0.1) is 0 Å². The molecule has 0 spiro atoms. The first kappa shape index (κ1) is 46.2. The third-order valence-corrected chi connectivity index (χ3v) is 9.78. The Kier molecular flexibility index (Phi) is 11.8. The molecule has 0 saturated heterocycles. The molecule has 0 atom stereocenters. The van der Waals surface area contributed by atoms with Crippen LogP contribution in [-0.2, 0) is 30.1 Å². The van der Waals surface area contributed by atoms with Crippen LogP contribution in [0.15, 0.2) is 146 Å². The summed E-state index contributed by atoms with van der Waals surface area (Å²) >= 11 is 0. The second-order valence-corrected chi connectivity index (χ2v) is 13.7. The summed E-state index contributed by atoms with van der Waals surface area (Å²) in [5, 5.41) is 0. The molecule has 332 valence electrons. The van der Waals surface area contributed by atoms with E-state index in [1.54, 1.807) is 0 Å². The highest BCUT2D eigenvalue weighted by atomic mass is 19.4. The normalized spacial score (nSPS) is 13.2. The molecule has 0 heterocycles. The van der Waals surface area contributed by atoms with Gasteiger partial charge in [-0.05, 0) is 132 Å². The Labute approximate surface area is 344 Å². The number of hydrogen-bond donors (Lipinski definition) is 0. The van der Waals surface area contributed by atoms with Crippen LogP contribution >= 0.6 is 0 Å². The number of benzene rings is 6. The van der Waals surface area contributed by atoms with Crippen LogP contribution in [0.25, 0.3) is 0 Å². The molecular formula is C43H24F18N2. The van der Waals surface area contributed by atoms with Crippen molar-refractivity contribution in [2.24, 2.45) is 0 Å². The summed E-state index contributed by atoms with van der Waals surface area (Å²) in [6.07, 6.45) is -31.7. The molecule has 0 N–H and O–H groups in total. The van der Waals surface area contributed by atoms with Gasteiger partial charge < -0.3 is 9.80 Å². The fraction of sp³-hybridized carbons (Fsp3) is 0.163. The lowest BCUT2D eigenvalue weighted by Crippen LogP contribution is -2.54. The highest BCUT2D eigenvalue weighted by Gasteiger charge is 2.72. The van der Waals surface area contributed by atoms with Crippen molar-refractivity contribution in [3.63, 3.8) is 0 Å². The van der Waals surface area contributed by atoms with Crippen LogP contribution in [0.4, 0.5) is 113 Å². The van der Waals surface area contributed by atoms with Gasteiger partial charge in [-0.1, -0.05) is 24.3 Å². The molecule has 6 aromatic carbocycles. The number of rotatable bonds is 8. The van der Waals surface area contributed by atoms with Crippen molar-refractivity contribution < 1.29 is 79.0 Å². The van der Waals surface area contributed by atoms with E-state index in [9.17, 15) is 52.7 Å². The van der Waals surface area contributed by atoms with Gasteiger partial charge in [0.25, 0.3) is 0 Å². The van der Waals surface area contributed by atoms with Crippen molar-refractivity contribution in [1.82, 2.24) is 0 Å². The zero-order valence-corrected chi connectivity index (χ0v) is 31.1. The standard InChI is InChI=1S/C43H24F18N2/c44-38(45,46)27-5-17-33(18-6-27)62(34-19-7-28(8-20-34)39(47,48)49)31-13-1-25(2-14-31)37(42(56,57)58,43(59,60)61)26-3-15-32(16-4-26)63(35-21-9-29(10-22-35)40(50,51)52)36-23-11-30(12-24-36)41(53,54)55/h1-24H. The van der Waals surface area contributed by atoms with E-state index in [1.807, 2.05) is 0 Å². The number of nitrogens with zero attached hydrogens (tertiary/aromatic N) is 2. The monoisotopic (exact) mass is 910 g/mol. The predicted octanol–water partition coefficient (Wildman–Crippen LogP) is 16.1. The quantitative estimate of drug-likeness (QED) is 0.140. The van der Waals surface area contributed by atoms with Crippen molar-refractivity contribution in [3.8, 4) is 0 Å². The maximum Gasteiger partial charge on any atom is 0.416 e. The van der Waals surface area contributed by atoms with Crippen LogP contribution < -0.4 is 9.80 Å². The first-order valence-electron chi connectivity index (χ1n) is 17.7. The lowest BCUT2D eigenvalue weighted by molar-refractivity contribution is -0.288. The molecule has 0 bridgehead atoms. The second kappa shape index (κ2) is 16.1. The average molecular weight is 911 g/mol. The van der Waals surface area contributed by atoms with Gasteiger partial charge >= 0.3 is 37.1 Å². The summed E-state index contributed by atoms with van der Waals surface area (Å²) in [4.78, 5) is 1.97. The van der Waals surface area contributed by atoms with Gasteiger partial charge in [0.05, 0.1) is 22.3 Å². The first-order chi connectivity index (χ1) is 29.0. The van der Waals surface area contributed by atoms with E-state index in [-0.39, 0.29) is 34.1 Å². The van der Waals surface area contributed by atoms with Crippen molar-refractivity contribution in [2.75, 3.05) is 9.80 Å². The smallest absolute Gasteiger partial charge is 0.311 e. The molecule has 0 saturated carbocycles. The van der Waals surface area contributed by atoms with Gasteiger partial charge in [-0.2, -0.15) is 79.0 Å². The lowest BCUT2D eigenvalue weighted by atomic mass is 9.72. The fourth-order valence-electron chi connectivity index (χ4n) is 6.80. The van der Waals surface area contributed by atoms with E-state index >= 15 is 26.3 Å². The third-order valence-electron chi connectivity index (χ3n) is 9.78. The molecule has 6 aromatic rings. The Hall–Kier alpha value is -6.34. The fourth-order valence-corrected chi connectivity index (χ4v) is 6.80. The van der Waals surface area contributed by atoms with Gasteiger partial charge in [0.1, 0.15) is 0 Å². The minimum atomic E-state index is -6.19. The Morgan fingerprint density at radius 2 is 0.349 bits per heavy atom. The van der Waals surface area contributed by atoms with Gasteiger partial charge in [-0.25, -0.2) is 0 Å². The van der Waals surface area contributed by atoms with E-state index in [2.05, 4.69) is 0 Å². The molecule has 2 nitrogen and oxygen atoms in total. The SMILES string of the molecule is FC(F)(F)c1ccc(N(c2ccc(C(F)(F)F)cc2)c2ccc(C(c3ccc(N(c4ccc(C(F)(F)F)cc4)c4ccc(C(F)(F)F)cc4)cc3)(C(F)(F)F)C(F)(F)F)cc2)cc1. The van der Waals surface area contributed by atoms with Crippen molar-refractivity contribution in [3.05, 3.63) is 179 Å². The molecule has 0 aliphatic carbocycles. The number of hydrogen-bond acceptors (Lipinski definition) is 2. The second-order valence-electron chi connectivity index (χ2n) is 13.7. The number of alkyl halides is 18. The van der Waals surface area contributed by atoms with Crippen LogP contribution in [0.5, 0.6) is 0 Å². The Balaban J connectivity index is 1.47. The summed E-state index contributed by atoms with van der Waals surface area (Å²) in [6, 6.07) is 16.4. The first-order valence-corrected chi connectivity index (χ1v) is 17.7. The Bertz CT molecular complexity index is 2180. The summed E-state index contributed by atoms with van der Waals surface area (Å²) in [7, 11) is 0. The molecule has 20 heteroatoms. The van der Waals surface area contributed by atoms with Gasteiger partial charge in [0, 0.05) is 34.1 Å². The third kappa shape index (κ3) is 9.25. The van der Waals surface area contributed by atoms with Crippen LogP contribution in [0.1, 0.15) is 33.4 Å². The summed E-state index contributed by atoms with van der Waals surface area (Å²) in [5.74, 6) is 0. The van der Waals surface area contributed by atoms with Crippen LogP contribution in [0.3, 0.4) is 0 Å². The number of anilines is 6. The maximum absolute atomic E-state index is 15.2. The van der Waals surface area contributed by atoms with Gasteiger partial charge in [-0.3, -0.25) is 0 Å². The maximum atomic E-state index is 15.2. The van der Waals surface area contributed by atoms with E-state index in [0.29, 0.717) is 72.8 Å². The van der Waals surface area contributed by atoms with Gasteiger partial charge in [0.15, 0.2) is 0 Å². The topological polar surface area (TPSA) is 6.48 Å². The molecule has 0 aromatic heterocycles. The highest BCUT2D eigenvalue weighted by molar-refractivity contribution is 5.78. The van der Waals surface area contributed by atoms with E-state index < -0.39 is 75.9 Å². The molecule has 6 rings (SSSR count). The largest absolute Gasteiger partial charge is 0.416 e. The van der Waals surface area contributed by atoms with Crippen LogP contribution in [0.2, 0.25) is 0 Å². The summed E-state index contributed by atoms with van der Waals surface area (Å²) in [5.41, 5.74) is -13.7. The molecule has 0 aliphatic heterocycles. The van der Waals surface area contributed by atoms with Crippen molar-refractivity contribution in [1.29, 1.82) is 0 Å². The number of halogens is 18. The predicted molar refractivity (Wildman–Crippen MR) is 195 cm³/mol. The average Bonchev–Trinajstić information content (AvgIpc) is 3.18. The van der Waals surface area contributed by atoms with E-state index in [4.69, 9.17) is 0 Å². The molecular weight excluding hydrogens is 886 g/mol. The Morgan fingerprint density at radius 3 is 0.476 bits per heavy atom. The highest BCUT2D eigenvalue weighted by Crippen LogP contribution is 2.57. The zero-order chi connectivity index (χ0) is 46.6. The molecule has 0 unspecified atom stereocenters. The Morgan fingerprint density at radius 1 is 0.206 bits per heavy atom. The van der Waals surface area contributed by atoms with Crippen LogP contribution in [-0.4, -0.2) is 12.4 Å². The molecule has 0 fully saturated rings. The van der Waals surface area contributed by atoms with E-state index in [1.165, 1.54) is 0 Å². The van der Waals surface area contributed by atoms with Gasteiger partial charge in [0.2, 0.25) is 5.41 Å². The van der Waals surface area contributed by atoms with E-state index in [0.717, 1.165) is 82.6 Å². The molecule has 63 heavy (non-hydrogen) atoms. The zero-order valence-electron chi connectivity index (χ0n) is 31.1.